The Bertz CT molecular complexity index is 1410. The minimum atomic E-state index is -0.0738. The maximum Gasteiger partial charge on any atom is 0.260 e. The number of rotatable bonds is 8. The lowest BCUT2D eigenvalue weighted by molar-refractivity contribution is 0.0742. The maximum atomic E-state index is 14.0. The molecule has 2 N–H and O–H groups in total. The van der Waals surface area contributed by atoms with Crippen molar-refractivity contribution >= 4 is 22.8 Å². The van der Waals surface area contributed by atoms with Gasteiger partial charge in [0, 0.05) is 29.8 Å². The standard InChI is InChI=1S/C27H32N6O3/c1-6-17(8-7-16(4)35-5)11-12-32-13-19-20(21-25(28)29-14-30-26(21)33(19)15(2)3)23-22(27(32)34)24(36-31-23)18-9-10-18/h6-8,14-15,18H,1,9-13H2,2-5H3,(H2,28,29,30)/b16-7+,17-8+. The first-order valence-corrected chi connectivity index (χ1v) is 12.3. The summed E-state index contributed by atoms with van der Waals surface area (Å²) in [4.78, 5) is 24.7. The largest absolute Gasteiger partial charge is 0.501 e. The number of carbonyl (C=O) groups excluding carboxylic acids is 1. The van der Waals surface area contributed by atoms with Gasteiger partial charge in [-0.15, -0.1) is 0 Å². The zero-order valence-electron chi connectivity index (χ0n) is 21.2. The molecule has 3 aromatic heterocycles. The molecule has 0 spiro atoms. The Hall–Kier alpha value is -3.88. The summed E-state index contributed by atoms with van der Waals surface area (Å²) < 4.78 is 13.2. The van der Waals surface area contributed by atoms with E-state index in [4.69, 9.17) is 15.0 Å². The Kier molecular flexibility index (Phi) is 6.15. The fourth-order valence-electron chi connectivity index (χ4n) is 4.88. The van der Waals surface area contributed by atoms with Crippen LogP contribution in [0.25, 0.3) is 22.3 Å². The second kappa shape index (κ2) is 9.29. The van der Waals surface area contributed by atoms with Crippen molar-refractivity contribution in [1.29, 1.82) is 0 Å². The van der Waals surface area contributed by atoms with Gasteiger partial charge < -0.3 is 24.5 Å². The molecule has 3 aromatic rings. The van der Waals surface area contributed by atoms with Gasteiger partial charge in [0.25, 0.3) is 5.91 Å². The number of aromatic nitrogens is 4. The highest BCUT2D eigenvalue weighted by atomic mass is 16.5. The Morgan fingerprint density at radius 1 is 1.31 bits per heavy atom. The third-order valence-corrected chi connectivity index (χ3v) is 6.96. The van der Waals surface area contributed by atoms with Gasteiger partial charge in [0.15, 0.2) is 5.76 Å². The summed E-state index contributed by atoms with van der Waals surface area (Å²) in [6, 6.07) is 0.0876. The van der Waals surface area contributed by atoms with E-state index in [-0.39, 0.29) is 17.9 Å². The predicted octanol–water partition coefficient (Wildman–Crippen LogP) is 5.14. The van der Waals surface area contributed by atoms with Gasteiger partial charge in [-0.2, -0.15) is 0 Å². The van der Waals surface area contributed by atoms with Crippen molar-refractivity contribution in [2.45, 2.75) is 58.5 Å². The van der Waals surface area contributed by atoms with Crippen LogP contribution in [-0.2, 0) is 11.3 Å². The highest BCUT2D eigenvalue weighted by molar-refractivity contribution is 6.09. The monoisotopic (exact) mass is 488 g/mol. The van der Waals surface area contributed by atoms with E-state index >= 15 is 0 Å². The van der Waals surface area contributed by atoms with Crippen LogP contribution in [0.3, 0.4) is 0 Å². The number of ether oxygens (including phenoxy) is 1. The van der Waals surface area contributed by atoms with E-state index in [9.17, 15) is 4.79 Å². The Morgan fingerprint density at radius 2 is 2.08 bits per heavy atom. The number of nitrogens with zero attached hydrogens (tertiary/aromatic N) is 5. The highest BCUT2D eigenvalue weighted by Crippen LogP contribution is 2.48. The number of nitrogen functional groups attached to an aromatic ring is 1. The summed E-state index contributed by atoms with van der Waals surface area (Å²) in [7, 11) is 1.64. The summed E-state index contributed by atoms with van der Waals surface area (Å²) in [6.07, 6.45) is 9.80. The molecule has 188 valence electrons. The molecule has 0 atom stereocenters. The summed E-state index contributed by atoms with van der Waals surface area (Å²) in [5.74, 6) is 2.00. The van der Waals surface area contributed by atoms with Crippen molar-refractivity contribution in [2.75, 3.05) is 19.4 Å². The molecular formula is C27H32N6O3. The van der Waals surface area contributed by atoms with Crippen LogP contribution in [0.1, 0.15) is 73.8 Å². The second-order valence-corrected chi connectivity index (χ2v) is 9.69. The average molecular weight is 489 g/mol. The summed E-state index contributed by atoms with van der Waals surface area (Å²) >= 11 is 0. The summed E-state index contributed by atoms with van der Waals surface area (Å²) in [6.45, 7) is 10.9. The minimum absolute atomic E-state index is 0.0738. The second-order valence-electron chi connectivity index (χ2n) is 9.69. The van der Waals surface area contributed by atoms with Gasteiger partial charge in [0.2, 0.25) is 0 Å². The summed E-state index contributed by atoms with van der Waals surface area (Å²) in [5.41, 5.74) is 11.0. The lowest BCUT2D eigenvalue weighted by Crippen LogP contribution is -2.32. The molecule has 1 amide bonds. The highest BCUT2D eigenvalue weighted by Gasteiger charge is 2.41. The SMILES string of the molecule is C=C/C(=C\C=C(/C)OC)CCN1Cc2c(c3c(N)ncnc3n2C(C)C)-c2noc(C3CC3)c2C1=O. The molecule has 1 aliphatic carbocycles. The number of nitrogens with two attached hydrogens (primary N) is 1. The van der Waals surface area contributed by atoms with Crippen molar-refractivity contribution in [3.8, 4) is 11.3 Å². The van der Waals surface area contributed by atoms with Gasteiger partial charge in [-0.3, -0.25) is 4.79 Å². The van der Waals surface area contributed by atoms with E-state index < -0.39 is 0 Å². The van der Waals surface area contributed by atoms with E-state index in [1.807, 2.05) is 30.1 Å². The molecule has 0 unspecified atom stereocenters. The molecule has 1 saturated carbocycles. The van der Waals surface area contributed by atoms with E-state index in [0.29, 0.717) is 42.3 Å². The number of hydrogen-bond donors (Lipinski definition) is 1. The zero-order valence-corrected chi connectivity index (χ0v) is 21.2. The number of carbonyl (C=O) groups is 1. The van der Waals surface area contributed by atoms with Gasteiger partial charge in [0.1, 0.15) is 29.0 Å². The van der Waals surface area contributed by atoms with Gasteiger partial charge in [-0.25, -0.2) is 9.97 Å². The fourth-order valence-corrected chi connectivity index (χ4v) is 4.88. The van der Waals surface area contributed by atoms with Crippen molar-refractivity contribution in [2.24, 2.45) is 0 Å². The Labute approximate surface area is 210 Å². The lowest BCUT2D eigenvalue weighted by atomic mass is 10.0. The van der Waals surface area contributed by atoms with Crippen LogP contribution < -0.4 is 5.73 Å². The molecule has 1 aliphatic heterocycles. The molecule has 5 rings (SSSR count). The molecule has 9 heteroatoms. The number of methoxy groups -OCH3 is 1. The van der Waals surface area contributed by atoms with Crippen molar-refractivity contribution in [3.63, 3.8) is 0 Å². The van der Waals surface area contributed by atoms with E-state index in [1.54, 1.807) is 7.11 Å². The smallest absolute Gasteiger partial charge is 0.260 e. The third-order valence-electron chi connectivity index (χ3n) is 6.96. The van der Waals surface area contributed by atoms with Crippen LogP contribution in [0, 0.1) is 0 Å². The van der Waals surface area contributed by atoms with Crippen molar-refractivity contribution in [3.05, 3.63) is 59.5 Å². The summed E-state index contributed by atoms with van der Waals surface area (Å²) in [5, 5.41) is 5.16. The molecule has 0 radical (unpaired) electrons. The first kappa shape index (κ1) is 23.8. The molecule has 36 heavy (non-hydrogen) atoms. The Balaban J connectivity index is 1.65. The number of amides is 1. The molecular weight excluding hydrogens is 456 g/mol. The Morgan fingerprint density at radius 3 is 2.75 bits per heavy atom. The maximum absolute atomic E-state index is 14.0. The molecule has 2 aliphatic rings. The number of hydrogen-bond acceptors (Lipinski definition) is 7. The van der Waals surface area contributed by atoms with E-state index in [2.05, 4.69) is 40.1 Å². The molecule has 4 heterocycles. The lowest BCUT2D eigenvalue weighted by Gasteiger charge is -2.23. The van der Waals surface area contributed by atoms with Gasteiger partial charge in [-0.1, -0.05) is 23.9 Å². The molecule has 0 saturated heterocycles. The molecule has 0 aromatic carbocycles. The first-order chi connectivity index (χ1) is 17.3. The van der Waals surface area contributed by atoms with E-state index in [1.165, 1.54) is 6.33 Å². The van der Waals surface area contributed by atoms with Gasteiger partial charge in [-0.05, 0) is 51.7 Å². The minimum Gasteiger partial charge on any atom is -0.501 e. The zero-order chi connectivity index (χ0) is 25.6. The molecule has 1 fully saturated rings. The third kappa shape index (κ3) is 3.98. The number of fused-ring (bicyclic) bond motifs is 5. The van der Waals surface area contributed by atoms with Crippen LogP contribution in [-0.4, -0.2) is 44.2 Å². The predicted molar refractivity (Wildman–Crippen MR) is 138 cm³/mol. The normalized spacial score (nSPS) is 16.4. The topological polar surface area (TPSA) is 112 Å². The van der Waals surface area contributed by atoms with Gasteiger partial charge in [0.05, 0.1) is 24.8 Å². The van der Waals surface area contributed by atoms with Crippen LogP contribution in [0.2, 0.25) is 0 Å². The van der Waals surface area contributed by atoms with Crippen LogP contribution >= 0.6 is 0 Å². The number of anilines is 1. The molecule has 0 bridgehead atoms. The average Bonchev–Trinajstić information content (AvgIpc) is 3.55. The van der Waals surface area contributed by atoms with Gasteiger partial charge >= 0.3 is 0 Å². The van der Waals surface area contributed by atoms with Crippen molar-refractivity contribution in [1.82, 2.24) is 24.6 Å². The van der Waals surface area contributed by atoms with Crippen LogP contribution in [0.5, 0.6) is 0 Å². The fraction of sp³-hybridized carbons (Fsp3) is 0.407. The van der Waals surface area contributed by atoms with E-state index in [0.717, 1.165) is 46.5 Å². The molecule has 9 nitrogen and oxygen atoms in total. The number of allylic oxidation sites excluding steroid dienone is 4. The first-order valence-electron chi connectivity index (χ1n) is 12.3. The van der Waals surface area contributed by atoms with Crippen molar-refractivity contribution < 1.29 is 14.1 Å². The quantitative estimate of drug-likeness (QED) is 0.345. The van der Waals surface area contributed by atoms with Crippen LogP contribution in [0.15, 0.2) is 47.0 Å². The van der Waals surface area contributed by atoms with Crippen LogP contribution in [0.4, 0.5) is 5.82 Å².